The van der Waals surface area contributed by atoms with E-state index in [1.54, 1.807) is 0 Å². The van der Waals surface area contributed by atoms with Crippen LogP contribution in [0.4, 0.5) is 4.79 Å². The standard InChI is InChI=1S/C21H27NO3/c1-2-9-19(17-12-7-4-8-13-17)20(23)22-18(15-25-21(22)24)14-16-10-5-3-6-11-16/h2-3,5-6,10-11,17-19H,1,4,7-9,12-15H2. The lowest BCUT2D eigenvalue weighted by Crippen LogP contribution is -2.45. The number of nitrogens with zero attached hydrogens (tertiary/aromatic N) is 1. The number of imide groups is 1. The minimum Gasteiger partial charge on any atom is -0.447 e. The number of rotatable bonds is 6. The van der Waals surface area contributed by atoms with Crippen LogP contribution in [0.1, 0.15) is 44.1 Å². The maximum absolute atomic E-state index is 13.2. The molecular formula is C21H27NO3. The third kappa shape index (κ3) is 4.12. The van der Waals surface area contributed by atoms with Gasteiger partial charge in [-0.2, -0.15) is 0 Å². The number of benzene rings is 1. The summed E-state index contributed by atoms with van der Waals surface area (Å²) in [6.07, 6.45) is 8.31. The Balaban J connectivity index is 1.76. The number of allylic oxidation sites excluding steroid dienone is 1. The van der Waals surface area contributed by atoms with E-state index in [1.165, 1.54) is 24.2 Å². The highest BCUT2D eigenvalue weighted by atomic mass is 16.6. The Morgan fingerprint density at radius 2 is 1.96 bits per heavy atom. The Morgan fingerprint density at radius 3 is 2.64 bits per heavy atom. The van der Waals surface area contributed by atoms with Gasteiger partial charge in [0.1, 0.15) is 6.61 Å². The smallest absolute Gasteiger partial charge is 0.416 e. The van der Waals surface area contributed by atoms with E-state index in [4.69, 9.17) is 4.74 Å². The van der Waals surface area contributed by atoms with Gasteiger partial charge in [-0.25, -0.2) is 9.69 Å². The molecule has 0 spiro atoms. The molecule has 134 valence electrons. The third-order valence-electron chi connectivity index (χ3n) is 5.47. The largest absolute Gasteiger partial charge is 0.447 e. The maximum atomic E-state index is 13.2. The molecule has 1 aliphatic carbocycles. The minimum atomic E-state index is -0.490. The highest BCUT2D eigenvalue weighted by molar-refractivity contribution is 5.95. The van der Waals surface area contributed by atoms with Crippen LogP contribution in [0.25, 0.3) is 0 Å². The van der Waals surface area contributed by atoms with Crippen LogP contribution < -0.4 is 0 Å². The zero-order chi connectivity index (χ0) is 17.6. The van der Waals surface area contributed by atoms with Gasteiger partial charge in [-0.3, -0.25) is 4.79 Å². The molecule has 0 bridgehead atoms. The second-order valence-corrected chi connectivity index (χ2v) is 7.16. The third-order valence-corrected chi connectivity index (χ3v) is 5.47. The van der Waals surface area contributed by atoms with Crippen molar-refractivity contribution in [1.29, 1.82) is 0 Å². The van der Waals surface area contributed by atoms with Gasteiger partial charge >= 0.3 is 6.09 Å². The van der Waals surface area contributed by atoms with E-state index in [-0.39, 0.29) is 24.5 Å². The average Bonchev–Trinajstić information content (AvgIpc) is 3.01. The van der Waals surface area contributed by atoms with Crippen molar-refractivity contribution in [3.63, 3.8) is 0 Å². The van der Waals surface area contributed by atoms with Gasteiger partial charge in [-0.1, -0.05) is 55.7 Å². The monoisotopic (exact) mass is 341 g/mol. The van der Waals surface area contributed by atoms with Gasteiger partial charge in [0.2, 0.25) is 5.91 Å². The minimum absolute atomic E-state index is 0.0739. The molecule has 25 heavy (non-hydrogen) atoms. The molecule has 2 unspecified atom stereocenters. The normalized spacial score (nSPS) is 22.5. The maximum Gasteiger partial charge on any atom is 0.416 e. The summed E-state index contributed by atoms with van der Waals surface area (Å²) in [5, 5.41) is 0. The molecule has 4 nitrogen and oxygen atoms in total. The fourth-order valence-corrected chi connectivity index (χ4v) is 4.16. The lowest BCUT2D eigenvalue weighted by Gasteiger charge is -2.32. The fourth-order valence-electron chi connectivity index (χ4n) is 4.16. The van der Waals surface area contributed by atoms with Crippen molar-refractivity contribution >= 4 is 12.0 Å². The second kappa shape index (κ2) is 8.32. The summed E-state index contributed by atoms with van der Waals surface area (Å²) in [5.41, 5.74) is 1.11. The molecule has 0 N–H and O–H groups in total. The van der Waals surface area contributed by atoms with E-state index in [2.05, 4.69) is 6.58 Å². The van der Waals surface area contributed by atoms with Crippen molar-refractivity contribution in [2.75, 3.05) is 6.61 Å². The summed E-state index contributed by atoms with van der Waals surface area (Å²) >= 11 is 0. The van der Waals surface area contributed by atoms with E-state index in [1.807, 2.05) is 36.4 Å². The molecule has 2 aliphatic rings. The zero-order valence-electron chi connectivity index (χ0n) is 14.7. The zero-order valence-corrected chi connectivity index (χ0v) is 14.7. The Hall–Kier alpha value is -2.10. The lowest BCUT2D eigenvalue weighted by molar-refractivity contribution is -0.135. The van der Waals surface area contributed by atoms with Gasteiger partial charge in [0.15, 0.2) is 0 Å². The van der Waals surface area contributed by atoms with Gasteiger partial charge in [-0.05, 0) is 37.2 Å². The Labute approximate surface area is 149 Å². The van der Waals surface area contributed by atoms with E-state index >= 15 is 0 Å². The van der Waals surface area contributed by atoms with Gasteiger partial charge in [0.05, 0.1) is 6.04 Å². The molecule has 0 radical (unpaired) electrons. The Morgan fingerprint density at radius 1 is 1.24 bits per heavy atom. The number of hydrogen-bond acceptors (Lipinski definition) is 3. The van der Waals surface area contributed by atoms with Crippen LogP contribution in [-0.4, -0.2) is 29.5 Å². The molecule has 0 aromatic heterocycles. The van der Waals surface area contributed by atoms with Crippen molar-refractivity contribution in [2.45, 2.75) is 51.0 Å². The van der Waals surface area contributed by atoms with Gasteiger partial charge in [0.25, 0.3) is 0 Å². The summed E-state index contributed by atoms with van der Waals surface area (Å²) in [6, 6.07) is 9.75. The first-order valence-corrected chi connectivity index (χ1v) is 9.35. The van der Waals surface area contributed by atoms with E-state index in [9.17, 15) is 9.59 Å². The van der Waals surface area contributed by atoms with Crippen molar-refractivity contribution in [1.82, 2.24) is 4.90 Å². The molecule has 4 heteroatoms. The topological polar surface area (TPSA) is 46.6 Å². The number of cyclic esters (lactones) is 1. The number of carbonyl (C=O) groups excluding carboxylic acids is 2. The van der Waals surface area contributed by atoms with E-state index in [0.717, 1.165) is 18.4 Å². The fraction of sp³-hybridized carbons (Fsp3) is 0.524. The lowest BCUT2D eigenvalue weighted by atomic mass is 9.77. The summed E-state index contributed by atoms with van der Waals surface area (Å²) in [7, 11) is 0. The van der Waals surface area contributed by atoms with Gasteiger partial charge < -0.3 is 4.74 Å². The second-order valence-electron chi connectivity index (χ2n) is 7.16. The van der Waals surface area contributed by atoms with Gasteiger partial charge in [-0.15, -0.1) is 6.58 Å². The van der Waals surface area contributed by atoms with Crippen molar-refractivity contribution in [2.24, 2.45) is 11.8 Å². The first-order valence-electron chi connectivity index (χ1n) is 9.35. The summed E-state index contributed by atoms with van der Waals surface area (Å²) in [4.78, 5) is 26.9. The molecule has 1 saturated carbocycles. The van der Waals surface area contributed by atoms with E-state index in [0.29, 0.717) is 18.8 Å². The molecule has 1 saturated heterocycles. The molecule has 1 heterocycles. The van der Waals surface area contributed by atoms with Crippen LogP contribution in [0, 0.1) is 11.8 Å². The highest BCUT2D eigenvalue weighted by Crippen LogP contribution is 2.34. The molecule has 1 aliphatic heterocycles. The number of hydrogen-bond donors (Lipinski definition) is 0. The predicted molar refractivity (Wildman–Crippen MR) is 97.0 cm³/mol. The Kier molecular flexibility index (Phi) is 5.90. The van der Waals surface area contributed by atoms with E-state index < -0.39 is 6.09 Å². The SMILES string of the molecule is C=CCC(C(=O)N1C(=O)OCC1Cc1ccccc1)C1CCCCC1. The highest BCUT2D eigenvalue weighted by Gasteiger charge is 2.42. The van der Waals surface area contributed by atoms with Crippen LogP contribution >= 0.6 is 0 Å². The summed E-state index contributed by atoms with van der Waals surface area (Å²) in [5.74, 6) is 0.127. The quantitative estimate of drug-likeness (QED) is 0.723. The predicted octanol–water partition coefficient (Wildman–Crippen LogP) is 4.35. The number of amides is 2. The molecule has 1 aromatic rings. The van der Waals surface area contributed by atoms with Gasteiger partial charge in [0, 0.05) is 5.92 Å². The Bertz CT molecular complexity index is 607. The van der Waals surface area contributed by atoms with Crippen LogP contribution in [0.15, 0.2) is 43.0 Å². The average molecular weight is 341 g/mol. The van der Waals surface area contributed by atoms with Crippen LogP contribution in [-0.2, 0) is 16.0 Å². The molecule has 2 atom stereocenters. The molecule has 3 rings (SSSR count). The summed E-state index contributed by atoms with van der Waals surface area (Å²) < 4.78 is 5.23. The summed E-state index contributed by atoms with van der Waals surface area (Å²) in [6.45, 7) is 4.11. The molecule has 2 amide bonds. The molecule has 2 fully saturated rings. The van der Waals surface area contributed by atoms with Crippen molar-refractivity contribution in [3.05, 3.63) is 48.6 Å². The van der Waals surface area contributed by atoms with Crippen LogP contribution in [0.5, 0.6) is 0 Å². The number of carbonyl (C=O) groups is 2. The van der Waals surface area contributed by atoms with Crippen molar-refractivity contribution < 1.29 is 14.3 Å². The van der Waals surface area contributed by atoms with Crippen molar-refractivity contribution in [3.8, 4) is 0 Å². The first kappa shape index (κ1) is 17.7. The first-order chi connectivity index (χ1) is 12.2. The van der Waals surface area contributed by atoms with Crippen LogP contribution in [0.2, 0.25) is 0 Å². The molecule has 1 aromatic carbocycles. The molecular weight excluding hydrogens is 314 g/mol. The number of ether oxygens (including phenoxy) is 1. The van der Waals surface area contributed by atoms with Crippen LogP contribution in [0.3, 0.4) is 0 Å².